The van der Waals surface area contributed by atoms with E-state index in [0.717, 1.165) is 24.5 Å². The average Bonchev–Trinajstić information content (AvgIpc) is 2.27. The molecule has 0 amide bonds. The zero-order chi connectivity index (χ0) is 14.5. The Hall–Kier alpha value is -0.870. The third kappa shape index (κ3) is 5.33. The van der Waals surface area contributed by atoms with Crippen LogP contribution >= 0.6 is 11.6 Å². The molecule has 1 aromatic rings. The summed E-state index contributed by atoms with van der Waals surface area (Å²) >= 11 is 6.02. The molecule has 0 aliphatic heterocycles. The summed E-state index contributed by atoms with van der Waals surface area (Å²) in [6, 6.07) is 1.87. The molecule has 5 heteroatoms. The largest absolute Gasteiger partial charge is 0.396 e. The molecular weight excluding hydrogens is 262 g/mol. The summed E-state index contributed by atoms with van der Waals surface area (Å²) in [6.07, 6.45) is 2.47. The average molecular weight is 286 g/mol. The summed E-state index contributed by atoms with van der Waals surface area (Å²) < 4.78 is 0. The minimum atomic E-state index is 0.0328. The molecule has 0 spiro atoms. The lowest BCUT2D eigenvalue weighted by Crippen LogP contribution is -2.35. The van der Waals surface area contributed by atoms with E-state index >= 15 is 0 Å². The van der Waals surface area contributed by atoms with E-state index in [1.54, 1.807) is 6.07 Å². The molecule has 4 nitrogen and oxygen atoms in total. The Bertz CT molecular complexity index is 404. The van der Waals surface area contributed by atoms with Gasteiger partial charge >= 0.3 is 0 Å². The first-order valence-corrected chi connectivity index (χ1v) is 7.15. The van der Waals surface area contributed by atoms with Gasteiger partial charge in [-0.1, -0.05) is 39.3 Å². The second-order valence-corrected chi connectivity index (χ2v) is 6.20. The van der Waals surface area contributed by atoms with Crippen molar-refractivity contribution in [1.29, 1.82) is 0 Å². The number of aryl methyl sites for hydroxylation is 1. The van der Waals surface area contributed by atoms with Gasteiger partial charge in [-0.05, 0) is 18.3 Å². The van der Waals surface area contributed by atoms with Gasteiger partial charge in [0.05, 0.1) is 0 Å². The standard InChI is InChI=1S/C14H24ClN3O/c1-5-6-12-17-11(15)9-13(18-12)16-10(7-8-19)14(2,3)4/h9-10,19H,5-8H2,1-4H3,(H,16,17,18). The SMILES string of the molecule is CCCc1nc(Cl)cc(NC(CCO)C(C)(C)C)n1. The third-order valence-electron chi connectivity index (χ3n) is 3.00. The number of aromatic nitrogens is 2. The van der Waals surface area contributed by atoms with Gasteiger partial charge in [0, 0.05) is 25.1 Å². The zero-order valence-electron chi connectivity index (χ0n) is 12.2. The number of halogens is 1. The van der Waals surface area contributed by atoms with Crippen molar-refractivity contribution < 1.29 is 5.11 Å². The van der Waals surface area contributed by atoms with Gasteiger partial charge < -0.3 is 10.4 Å². The van der Waals surface area contributed by atoms with E-state index in [4.69, 9.17) is 11.6 Å². The predicted molar refractivity (Wildman–Crippen MR) is 79.6 cm³/mol. The molecule has 0 aromatic carbocycles. The lowest BCUT2D eigenvalue weighted by Gasteiger charge is -2.31. The molecule has 1 atom stereocenters. The molecule has 108 valence electrons. The number of nitrogens with zero attached hydrogens (tertiary/aromatic N) is 2. The fourth-order valence-corrected chi connectivity index (χ4v) is 2.10. The second-order valence-electron chi connectivity index (χ2n) is 5.82. The Morgan fingerprint density at radius 3 is 2.58 bits per heavy atom. The van der Waals surface area contributed by atoms with Gasteiger partial charge in [-0.2, -0.15) is 0 Å². The summed E-state index contributed by atoms with van der Waals surface area (Å²) in [5, 5.41) is 13.0. The Labute approximate surface area is 120 Å². The van der Waals surface area contributed by atoms with Crippen LogP contribution in [0.4, 0.5) is 5.82 Å². The number of nitrogens with one attached hydrogen (secondary N) is 1. The highest BCUT2D eigenvalue weighted by molar-refractivity contribution is 6.29. The van der Waals surface area contributed by atoms with Gasteiger partial charge in [-0.25, -0.2) is 9.97 Å². The Balaban J connectivity index is 2.89. The zero-order valence-corrected chi connectivity index (χ0v) is 13.0. The first kappa shape index (κ1) is 16.2. The maximum absolute atomic E-state index is 9.17. The molecule has 0 saturated heterocycles. The fraction of sp³-hybridized carbons (Fsp3) is 0.714. The monoisotopic (exact) mass is 285 g/mol. The van der Waals surface area contributed by atoms with Crippen LogP contribution in [0.2, 0.25) is 5.15 Å². The minimum absolute atomic E-state index is 0.0328. The maximum atomic E-state index is 9.17. The lowest BCUT2D eigenvalue weighted by molar-refractivity contribution is 0.235. The van der Waals surface area contributed by atoms with E-state index in [1.165, 1.54) is 0 Å². The highest BCUT2D eigenvalue weighted by Crippen LogP contribution is 2.25. The Morgan fingerprint density at radius 2 is 2.05 bits per heavy atom. The predicted octanol–water partition coefficient (Wildman–Crippen LogP) is 3.29. The molecule has 1 rings (SSSR count). The molecule has 1 aromatic heterocycles. The fourth-order valence-electron chi connectivity index (χ4n) is 1.90. The van der Waals surface area contributed by atoms with E-state index in [2.05, 4.69) is 43.0 Å². The summed E-state index contributed by atoms with van der Waals surface area (Å²) in [7, 11) is 0. The number of aliphatic hydroxyl groups excluding tert-OH is 1. The van der Waals surface area contributed by atoms with Gasteiger partial charge in [-0.3, -0.25) is 0 Å². The van der Waals surface area contributed by atoms with Gasteiger partial charge in [0.1, 0.15) is 16.8 Å². The molecule has 2 N–H and O–H groups in total. The van der Waals surface area contributed by atoms with Crippen molar-refractivity contribution in [3.63, 3.8) is 0 Å². The first-order chi connectivity index (χ1) is 8.86. The van der Waals surface area contributed by atoms with E-state index in [9.17, 15) is 5.11 Å². The normalized spacial score (nSPS) is 13.4. The van der Waals surface area contributed by atoms with Crippen molar-refractivity contribution >= 4 is 17.4 Å². The smallest absolute Gasteiger partial charge is 0.134 e. The minimum Gasteiger partial charge on any atom is -0.396 e. The van der Waals surface area contributed by atoms with Crippen molar-refractivity contribution in [3.8, 4) is 0 Å². The van der Waals surface area contributed by atoms with Gasteiger partial charge in [-0.15, -0.1) is 0 Å². The molecule has 0 aliphatic carbocycles. The van der Waals surface area contributed by atoms with Crippen LogP contribution < -0.4 is 5.32 Å². The van der Waals surface area contributed by atoms with Crippen molar-refractivity contribution in [2.75, 3.05) is 11.9 Å². The molecule has 0 fully saturated rings. The summed E-state index contributed by atoms with van der Waals surface area (Å²) in [5.74, 6) is 1.49. The number of hydrogen-bond acceptors (Lipinski definition) is 4. The number of hydrogen-bond donors (Lipinski definition) is 2. The lowest BCUT2D eigenvalue weighted by atomic mass is 9.85. The molecule has 0 saturated carbocycles. The quantitative estimate of drug-likeness (QED) is 0.788. The topological polar surface area (TPSA) is 58.0 Å². The first-order valence-electron chi connectivity index (χ1n) is 6.77. The molecule has 1 unspecified atom stereocenters. The van der Waals surface area contributed by atoms with Crippen LogP contribution in [0.3, 0.4) is 0 Å². The van der Waals surface area contributed by atoms with E-state index < -0.39 is 0 Å². The van der Waals surface area contributed by atoms with Crippen molar-refractivity contribution in [3.05, 3.63) is 17.0 Å². The van der Waals surface area contributed by atoms with Crippen LogP contribution in [0.1, 0.15) is 46.4 Å². The highest BCUT2D eigenvalue weighted by atomic mass is 35.5. The summed E-state index contributed by atoms with van der Waals surface area (Å²) in [4.78, 5) is 8.67. The van der Waals surface area contributed by atoms with Crippen LogP contribution in [0.15, 0.2) is 6.07 Å². The van der Waals surface area contributed by atoms with E-state index in [0.29, 0.717) is 11.6 Å². The van der Waals surface area contributed by atoms with Crippen molar-refractivity contribution in [2.45, 2.75) is 53.0 Å². The molecule has 0 bridgehead atoms. The molecule has 0 radical (unpaired) electrons. The van der Waals surface area contributed by atoms with Crippen molar-refractivity contribution in [2.24, 2.45) is 5.41 Å². The second kappa shape index (κ2) is 7.06. The van der Waals surface area contributed by atoms with Crippen LogP contribution in [0, 0.1) is 5.41 Å². The van der Waals surface area contributed by atoms with Crippen LogP contribution in [-0.4, -0.2) is 27.7 Å². The number of aliphatic hydroxyl groups is 1. The summed E-state index contributed by atoms with van der Waals surface area (Å²) in [6.45, 7) is 8.64. The van der Waals surface area contributed by atoms with Gasteiger partial charge in [0.2, 0.25) is 0 Å². The van der Waals surface area contributed by atoms with Gasteiger partial charge in [0.15, 0.2) is 0 Å². The van der Waals surface area contributed by atoms with Crippen LogP contribution in [0.5, 0.6) is 0 Å². The third-order valence-corrected chi connectivity index (χ3v) is 3.19. The Kier molecular flexibility index (Phi) is 6.01. The number of anilines is 1. The van der Waals surface area contributed by atoms with Crippen LogP contribution in [-0.2, 0) is 6.42 Å². The van der Waals surface area contributed by atoms with E-state index in [1.807, 2.05) is 0 Å². The van der Waals surface area contributed by atoms with Crippen molar-refractivity contribution in [1.82, 2.24) is 9.97 Å². The molecule has 0 aliphatic rings. The molecular formula is C14H24ClN3O. The molecule has 1 heterocycles. The Morgan fingerprint density at radius 1 is 1.37 bits per heavy atom. The highest BCUT2D eigenvalue weighted by Gasteiger charge is 2.24. The van der Waals surface area contributed by atoms with Crippen LogP contribution in [0.25, 0.3) is 0 Å². The molecule has 19 heavy (non-hydrogen) atoms. The summed E-state index contributed by atoms with van der Waals surface area (Å²) in [5.41, 5.74) is 0.0328. The van der Waals surface area contributed by atoms with Gasteiger partial charge in [0.25, 0.3) is 0 Å². The number of rotatable bonds is 6. The maximum Gasteiger partial charge on any atom is 0.134 e. The van der Waals surface area contributed by atoms with E-state index in [-0.39, 0.29) is 18.1 Å².